The summed E-state index contributed by atoms with van der Waals surface area (Å²) in [5.74, 6) is 1.53. The third-order valence-electron chi connectivity index (χ3n) is 3.25. The molecule has 0 aliphatic rings. The van der Waals surface area contributed by atoms with Gasteiger partial charge in [0.05, 0.1) is 6.61 Å². The molecule has 0 saturated carbocycles. The summed E-state index contributed by atoms with van der Waals surface area (Å²) in [7, 11) is 0. The molecule has 96 valence electrons. The van der Waals surface area contributed by atoms with Gasteiger partial charge in [0, 0.05) is 29.6 Å². The van der Waals surface area contributed by atoms with E-state index in [1.54, 1.807) is 0 Å². The number of nitrogens with zero attached hydrogens (tertiary/aromatic N) is 1. The number of rotatable bonds is 6. The van der Waals surface area contributed by atoms with E-state index in [2.05, 4.69) is 18.8 Å². The fourth-order valence-electron chi connectivity index (χ4n) is 1.93. The quantitative estimate of drug-likeness (QED) is 0.826. The van der Waals surface area contributed by atoms with Crippen LogP contribution in [0, 0.1) is 19.8 Å². The molecule has 0 aromatic carbocycles. The van der Waals surface area contributed by atoms with Crippen molar-refractivity contribution in [1.82, 2.24) is 4.98 Å². The molecule has 2 N–H and O–H groups in total. The van der Waals surface area contributed by atoms with Crippen molar-refractivity contribution in [2.75, 3.05) is 6.61 Å². The zero-order chi connectivity index (χ0) is 12.8. The third-order valence-corrected chi connectivity index (χ3v) is 3.25. The summed E-state index contributed by atoms with van der Waals surface area (Å²) in [5, 5.41) is 0. The van der Waals surface area contributed by atoms with E-state index in [0.717, 1.165) is 42.1 Å². The Hall–Kier alpha value is -1.09. The van der Waals surface area contributed by atoms with E-state index in [4.69, 9.17) is 10.5 Å². The standard InChI is InChI=1S/C14H24N2O/c1-5-12(6-2)9-17-14-7-10(3)16-11(4)13(14)8-15/h7,12H,5-6,8-9,15H2,1-4H3. The van der Waals surface area contributed by atoms with Crippen LogP contribution < -0.4 is 10.5 Å². The predicted molar refractivity (Wildman–Crippen MR) is 71.2 cm³/mol. The summed E-state index contributed by atoms with van der Waals surface area (Å²) in [5.41, 5.74) is 8.75. The fraction of sp³-hybridized carbons (Fsp3) is 0.643. The number of pyridine rings is 1. The van der Waals surface area contributed by atoms with Gasteiger partial charge >= 0.3 is 0 Å². The third kappa shape index (κ3) is 3.70. The minimum atomic E-state index is 0.483. The molecular weight excluding hydrogens is 212 g/mol. The lowest BCUT2D eigenvalue weighted by Gasteiger charge is -2.17. The maximum Gasteiger partial charge on any atom is 0.127 e. The van der Waals surface area contributed by atoms with Crippen LogP contribution in [0.5, 0.6) is 5.75 Å². The molecule has 0 bridgehead atoms. The number of hydrogen-bond donors (Lipinski definition) is 1. The van der Waals surface area contributed by atoms with Crippen molar-refractivity contribution in [3.8, 4) is 5.75 Å². The normalized spacial score (nSPS) is 10.9. The van der Waals surface area contributed by atoms with E-state index in [1.807, 2.05) is 19.9 Å². The first kappa shape index (κ1) is 14.0. The first-order valence-corrected chi connectivity index (χ1v) is 6.42. The molecule has 1 rings (SSSR count). The van der Waals surface area contributed by atoms with Crippen LogP contribution in [0.1, 0.15) is 43.6 Å². The lowest BCUT2D eigenvalue weighted by Crippen LogP contribution is -2.13. The van der Waals surface area contributed by atoms with Gasteiger partial charge in [-0.15, -0.1) is 0 Å². The molecule has 17 heavy (non-hydrogen) atoms. The number of ether oxygens (including phenoxy) is 1. The Kier molecular flexibility index (Phi) is 5.42. The molecule has 1 heterocycles. The van der Waals surface area contributed by atoms with Crippen molar-refractivity contribution in [3.63, 3.8) is 0 Å². The van der Waals surface area contributed by atoms with Crippen LogP contribution in [0.4, 0.5) is 0 Å². The fourth-order valence-corrected chi connectivity index (χ4v) is 1.93. The van der Waals surface area contributed by atoms with E-state index in [1.165, 1.54) is 0 Å². The van der Waals surface area contributed by atoms with Gasteiger partial charge in [-0.2, -0.15) is 0 Å². The van der Waals surface area contributed by atoms with Crippen LogP contribution in [-0.2, 0) is 6.54 Å². The molecule has 0 fully saturated rings. The highest BCUT2D eigenvalue weighted by atomic mass is 16.5. The average Bonchev–Trinajstić information content (AvgIpc) is 2.29. The van der Waals surface area contributed by atoms with Crippen molar-refractivity contribution in [3.05, 3.63) is 23.0 Å². The van der Waals surface area contributed by atoms with E-state index in [0.29, 0.717) is 12.5 Å². The van der Waals surface area contributed by atoms with Crippen molar-refractivity contribution in [2.24, 2.45) is 11.7 Å². The molecule has 1 aromatic heterocycles. The SMILES string of the molecule is CCC(CC)COc1cc(C)nc(C)c1CN. The van der Waals surface area contributed by atoms with Gasteiger partial charge in [0.25, 0.3) is 0 Å². The number of nitrogens with two attached hydrogens (primary N) is 1. The van der Waals surface area contributed by atoms with Gasteiger partial charge in [0.1, 0.15) is 5.75 Å². The molecule has 0 amide bonds. The van der Waals surface area contributed by atoms with Gasteiger partial charge in [0.15, 0.2) is 0 Å². The Morgan fingerprint density at radius 2 is 1.94 bits per heavy atom. The lowest BCUT2D eigenvalue weighted by molar-refractivity contribution is 0.238. The maximum atomic E-state index is 5.91. The second-order valence-electron chi connectivity index (χ2n) is 4.52. The van der Waals surface area contributed by atoms with Crippen molar-refractivity contribution < 1.29 is 4.74 Å². The number of hydrogen-bond acceptors (Lipinski definition) is 3. The van der Waals surface area contributed by atoms with Crippen molar-refractivity contribution in [2.45, 2.75) is 47.1 Å². The Morgan fingerprint density at radius 3 is 2.47 bits per heavy atom. The van der Waals surface area contributed by atoms with Crippen LogP contribution in [0.2, 0.25) is 0 Å². The molecule has 0 saturated heterocycles. The van der Waals surface area contributed by atoms with Gasteiger partial charge in [-0.1, -0.05) is 26.7 Å². The van der Waals surface area contributed by atoms with E-state index >= 15 is 0 Å². The van der Waals surface area contributed by atoms with Crippen LogP contribution in [0.3, 0.4) is 0 Å². The summed E-state index contributed by atoms with van der Waals surface area (Å²) < 4.78 is 5.91. The highest BCUT2D eigenvalue weighted by molar-refractivity contribution is 5.37. The van der Waals surface area contributed by atoms with Gasteiger partial charge in [-0.25, -0.2) is 0 Å². The first-order chi connectivity index (χ1) is 8.12. The molecule has 0 atom stereocenters. The molecule has 0 aliphatic heterocycles. The van der Waals surface area contributed by atoms with Crippen LogP contribution in [0.15, 0.2) is 6.07 Å². The smallest absolute Gasteiger partial charge is 0.127 e. The first-order valence-electron chi connectivity index (χ1n) is 6.42. The van der Waals surface area contributed by atoms with Crippen LogP contribution in [-0.4, -0.2) is 11.6 Å². The van der Waals surface area contributed by atoms with Gasteiger partial charge < -0.3 is 10.5 Å². The number of aromatic nitrogens is 1. The summed E-state index contributed by atoms with van der Waals surface area (Å²) in [6.45, 7) is 9.62. The predicted octanol–water partition coefficient (Wildman–Crippen LogP) is 2.97. The van der Waals surface area contributed by atoms with E-state index < -0.39 is 0 Å². The molecule has 0 radical (unpaired) electrons. The monoisotopic (exact) mass is 236 g/mol. The van der Waals surface area contributed by atoms with Crippen LogP contribution in [0.25, 0.3) is 0 Å². The molecule has 1 aromatic rings. The van der Waals surface area contributed by atoms with Gasteiger partial charge in [0.2, 0.25) is 0 Å². The molecular formula is C14H24N2O. The van der Waals surface area contributed by atoms with Gasteiger partial charge in [-0.05, 0) is 19.8 Å². The highest BCUT2D eigenvalue weighted by Crippen LogP contribution is 2.23. The van der Waals surface area contributed by atoms with E-state index in [-0.39, 0.29) is 0 Å². The highest BCUT2D eigenvalue weighted by Gasteiger charge is 2.10. The Labute approximate surface area is 104 Å². The van der Waals surface area contributed by atoms with Crippen molar-refractivity contribution in [1.29, 1.82) is 0 Å². The topological polar surface area (TPSA) is 48.1 Å². The lowest BCUT2D eigenvalue weighted by atomic mass is 10.1. The minimum Gasteiger partial charge on any atom is -0.493 e. The number of aryl methyl sites for hydroxylation is 2. The molecule has 0 unspecified atom stereocenters. The van der Waals surface area contributed by atoms with Crippen LogP contribution >= 0.6 is 0 Å². The van der Waals surface area contributed by atoms with Crippen molar-refractivity contribution >= 4 is 0 Å². The van der Waals surface area contributed by atoms with E-state index in [9.17, 15) is 0 Å². The molecule has 3 heteroatoms. The second kappa shape index (κ2) is 6.60. The minimum absolute atomic E-state index is 0.483. The largest absolute Gasteiger partial charge is 0.493 e. The Balaban J connectivity index is 2.82. The Bertz CT molecular complexity index is 359. The van der Waals surface area contributed by atoms with Gasteiger partial charge in [-0.3, -0.25) is 4.98 Å². The molecule has 3 nitrogen and oxygen atoms in total. The zero-order valence-corrected chi connectivity index (χ0v) is 11.4. The second-order valence-corrected chi connectivity index (χ2v) is 4.52. The summed E-state index contributed by atoms with van der Waals surface area (Å²) in [4.78, 5) is 4.41. The zero-order valence-electron chi connectivity index (χ0n) is 11.4. The maximum absolute atomic E-state index is 5.91. The summed E-state index contributed by atoms with van der Waals surface area (Å²) >= 11 is 0. The summed E-state index contributed by atoms with van der Waals surface area (Å²) in [6.07, 6.45) is 2.30. The average molecular weight is 236 g/mol. The Morgan fingerprint density at radius 1 is 1.29 bits per heavy atom. The molecule has 0 aliphatic carbocycles. The molecule has 0 spiro atoms. The summed E-state index contributed by atoms with van der Waals surface area (Å²) in [6, 6.07) is 1.98.